The maximum absolute atomic E-state index is 13.8. The number of hydrogen-bond acceptors (Lipinski definition) is 10. The highest BCUT2D eigenvalue weighted by atomic mass is 32.1. The van der Waals surface area contributed by atoms with Gasteiger partial charge < -0.3 is 18.9 Å². The average molecular weight is 551 g/mol. The fraction of sp³-hybridized carbons (Fsp3) is 0.250. The molecule has 0 fully saturated rings. The van der Waals surface area contributed by atoms with E-state index in [9.17, 15) is 19.2 Å². The van der Waals surface area contributed by atoms with Crippen LogP contribution >= 0.6 is 11.3 Å². The minimum atomic E-state index is -0.785. The molecule has 39 heavy (non-hydrogen) atoms. The summed E-state index contributed by atoms with van der Waals surface area (Å²) in [5.74, 6) is -0.753. The molecule has 2 aromatic carbocycles. The second kappa shape index (κ2) is 11.5. The van der Waals surface area contributed by atoms with Gasteiger partial charge in [-0.15, -0.1) is 0 Å². The Balaban J connectivity index is 1.91. The highest BCUT2D eigenvalue weighted by molar-refractivity contribution is 7.07. The van der Waals surface area contributed by atoms with Crippen LogP contribution < -0.4 is 29.1 Å². The second-order valence-corrected chi connectivity index (χ2v) is 9.47. The molecule has 3 aromatic rings. The highest BCUT2D eigenvalue weighted by Crippen LogP contribution is 2.32. The number of benzene rings is 2. The van der Waals surface area contributed by atoms with Crippen LogP contribution in [0, 0.1) is 0 Å². The van der Waals surface area contributed by atoms with Gasteiger partial charge in [0, 0.05) is 25.5 Å². The molecule has 0 aliphatic carbocycles. The van der Waals surface area contributed by atoms with Crippen molar-refractivity contribution in [2.45, 2.75) is 33.7 Å². The number of nitrogens with zero attached hydrogens (tertiary/aromatic N) is 2. The van der Waals surface area contributed by atoms with Gasteiger partial charge in [-0.2, -0.15) is 0 Å². The molecule has 1 atom stereocenters. The number of ether oxygens (including phenoxy) is 4. The zero-order valence-electron chi connectivity index (χ0n) is 22.0. The third-order valence-corrected chi connectivity index (χ3v) is 6.72. The molecule has 1 aliphatic rings. The van der Waals surface area contributed by atoms with Crippen molar-refractivity contribution in [3.63, 3.8) is 0 Å². The summed E-state index contributed by atoms with van der Waals surface area (Å²) in [6.07, 6.45) is 1.56. The lowest BCUT2D eigenvalue weighted by molar-refractivity contribution is -0.139. The molecule has 0 amide bonds. The quantitative estimate of drug-likeness (QED) is 0.325. The Bertz CT molecular complexity index is 1660. The highest BCUT2D eigenvalue weighted by Gasteiger charge is 2.33. The van der Waals surface area contributed by atoms with Crippen LogP contribution in [0.4, 0.5) is 0 Å². The van der Waals surface area contributed by atoms with Gasteiger partial charge in [0.25, 0.3) is 5.56 Å². The van der Waals surface area contributed by atoms with Crippen LogP contribution in [0.25, 0.3) is 6.08 Å². The van der Waals surface area contributed by atoms with Gasteiger partial charge in [-0.25, -0.2) is 9.79 Å². The van der Waals surface area contributed by atoms with Crippen LogP contribution in [-0.4, -0.2) is 36.2 Å². The van der Waals surface area contributed by atoms with Crippen molar-refractivity contribution < 1.29 is 33.3 Å². The van der Waals surface area contributed by atoms with Gasteiger partial charge in [-0.05, 0) is 49.8 Å². The predicted octanol–water partition coefficient (Wildman–Crippen LogP) is 2.66. The van der Waals surface area contributed by atoms with E-state index in [4.69, 9.17) is 18.9 Å². The van der Waals surface area contributed by atoms with Gasteiger partial charge in [0.2, 0.25) is 0 Å². The fourth-order valence-corrected chi connectivity index (χ4v) is 5.18. The second-order valence-electron chi connectivity index (χ2n) is 8.46. The number of methoxy groups -OCH3 is 1. The van der Waals surface area contributed by atoms with E-state index in [1.807, 2.05) is 0 Å². The van der Waals surface area contributed by atoms with Crippen LogP contribution in [0.2, 0.25) is 0 Å². The summed E-state index contributed by atoms with van der Waals surface area (Å²) >= 11 is 1.13. The van der Waals surface area contributed by atoms with Crippen LogP contribution in [0.1, 0.15) is 44.9 Å². The van der Waals surface area contributed by atoms with E-state index in [2.05, 4.69) is 4.99 Å². The third kappa shape index (κ3) is 5.83. The van der Waals surface area contributed by atoms with Crippen LogP contribution in [0.5, 0.6) is 17.2 Å². The van der Waals surface area contributed by atoms with Gasteiger partial charge in [0.15, 0.2) is 4.80 Å². The Morgan fingerprint density at radius 1 is 1.03 bits per heavy atom. The first-order valence-electron chi connectivity index (χ1n) is 12.0. The topological polar surface area (TPSA) is 122 Å². The molecule has 1 aliphatic heterocycles. The number of allylic oxidation sites excluding steroid dienone is 1. The molecule has 0 saturated carbocycles. The minimum absolute atomic E-state index is 0.113. The maximum Gasteiger partial charge on any atom is 0.338 e. The van der Waals surface area contributed by atoms with Crippen molar-refractivity contribution in [2.24, 2.45) is 4.99 Å². The van der Waals surface area contributed by atoms with E-state index < -0.39 is 29.5 Å². The summed E-state index contributed by atoms with van der Waals surface area (Å²) in [6.45, 7) is 6.07. The SMILES string of the molecule is CCOC(=O)C1=C(C)N=c2s/c(=C/c3ccc(OC(C)=O)cc3OC(C)=O)c(=O)n2C1c1ccc(OC)cc1. The largest absolute Gasteiger partial charge is 0.497 e. The summed E-state index contributed by atoms with van der Waals surface area (Å²) < 4.78 is 22.7. The smallest absolute Gasteiger partial charge is 0.338 e. The van der Waals surface area contributed by atoms with Gasteiger partial charge in [-0.1, -0.05) is 23.5 Å². The van der Waals surface area contributed by atoms with Crippen molar-refractivity contribution in [3.05, 3.63) is 84.5 Å². The molecule has 4 rings (SSSR count). The normalized spacial score (nSPS) is 14.8. The number of carbonyl (C=O) groups excluding carboxylic acids is 3. The number of aromatic nitrogens is 1. The lowest BCUT2D eigenvalue weighted by Gasteiger charge is -2.24. The Morgan fingerprint density at radius 2 is 1.69 bits per heavy atom. The van der Waals surface area contributed by atoms with Gasteiger partial charge >= 0.3 is 17.9 Å². The summed E-state index contributed by atoms with van der Waals surface area (Å²) in [5.41, 5.74) is 1.38. The zero-order valence-corrected chi connectivity index (χ0v) is 22.8. The van der Waals surface area contributed by atoms with E-state index in [1.54, 1.807) is 57.4 Å². The van der Waals surface area contributed by atoms with Crippen LogP contribution in [-0.2, 0) is 19.1 Å². The van der Waals surface area contributed by atoms with Crippen molar-refractivity contribution in [1.29, 1.82) is 0 Å². The Labute approximate surface area is 227 Å². The van der Waals surface area contributed by atoms with E-state index in [1.165, 1.54) is 30.5 Å². The van der Waals surface area contributed by atoms with Gasteiger partial charge in [-0.3, -0.25) is 19.0 Å². The molecule has 10 nitrogen and oxygen atoms in total. The third-order valence-electron chi connectivity index (χ3n) is 5.74. The maximum atomic E-state index is 13.8. The molecule has 0 radical (unpaired) electrons. The number of rotatable bonds is 7. The van der Waals surface area contributed by atoms with Gasteiger partial charge in [0.05, 0.1) is 35.6 Å². The van der Waals surface area contributed by atoms with Crippen LogP contribution in [0.15, 0.2) is 63.5 Å². The molecule has 1 aromatic heterocycles. The standard InChI is InChI=1S/C28H26N2O8S/c1-6-36-27(34)24-15(2)29-28-30(25(24)18-7-10-20(35-5)11-8-18)26(33)23(39-28)13-19-9-12-21(37-16(3)31)14-22(19)38-17(4)32/h7-14,25H,6H2,1-5H3/b23-13+. The molecule has 0 saturated heterocycles. The molecule has 0 N–H and O–H groups in total. The summed E-state index contributed by atoms with van der Waals surface area (Å²) in [5, 5.41) is 0. The van der Waals surface area contributed by atoms with Crippen molar-refractivity contribution in [3.8, 4) is 17.2 Å². The summed E-state index contributed by atoms with van der Waals surface area (Å²) in [4.78, 5) is 54.9. The predicted molar refractivity (Wildman–Crippen MR) is 142 cm³/mol. The molecule has 0 bridgehead atoms. The number of hydrogen-bond donors (Lipinski definition) is 0. The molecule has 0 spiro atoms. The molecule has 1 unspecified atom stereocenters. The van der Waals surface area contributed by atoms with Crippen molar-refractivity contribution >= 4 is 35.3 Å². The number of esters is 3. The summed E-state index contributed by atoms with van der Waals surface area (Å²) in [7, 11) is 1.55. The van der Waals surface area contributed by atoms with E-state index in [0.29, 0.717) is 31.9 Å². The van der Waals surface area contributed by atoms with E-state index in [-0.39, 0.29) is 23.7 Å². The Hall–Kier alpha value is -4.51. The fourth-order valence-electron chi connectivity index (χ4n) is 4.14. The van der Waals surface area contributed by atoms with Crippen molar-refractivity contribution in [2.75, 3.05) is 13.7 Å². The number of fused-ring (bicyclic) bond motifs is 1. The number of carbonyl (C=O) groups is 3. The average Bonchev–Trinajstić information content (AvgIpc) is 3.18. The zero-order chi connectivity index (χ0) is 28.3. The lowest BCUT2D eigenvalue weighted by atomic mass is 9.96. The molecular formula is C28H26N2O8S. The van der Waals surface area contributed by atoms with Crippen LogP contribution in [0.3, 0.4) is 0 Å². The number of thiazole rings is 1. The van der Waals surface area contributed by atoms with E-state index in [0.717, 1.165) is 11.3 Å². The monoisotopic (exact) mass is 550 g/mol. The Morgan fingerprint density at radius 3 is 2.31 bits per heavy atom. The minimum Gasteiger partial charge on any atom is -0.497 e. The van der Waals surface area contributed by atoms with E-state index >= 15 is 0 Å². The lowest BCUT2D eigenvalue weighted by Crippen LogP contribution is -2.39. The first-order chi connectivity index (χ1) is 18.6. The molecule has 202 valence electrons. The first kappa shape index (κ1) is 27.5. The molecule has 11 heteroatoms. The van der Waals surface area contributed by atoms with Gasteiger partial charge in [0.1, 0.15) is 17.2 Å². The van der Waals surface area contributed by atoms with Crippen molar-refractivity contribution in [1.82, 2.24) is 4.57 Å². The Kier molecular flexibility index (Phi) is 8.10. The summed E-state index contributed by atoms with van der Waals surface area (Å²) in [6, 6.07) is 10.8. The molecular weight excluding hydrogens is 524 g/mol. The molecule has 2 heterocycles. The first-order valence-corrected chi connectivity index (χ1v) is 12.8.